The minimum Gasteiger partial charge on any atom is -0.339 e. The molecule has 0 aliphatic rings. The van der Waals surface area contributed by atoms with Gasteiger partial charge >= 0.3 is 0 Å². The average molecular weight is 386 g/mol. The molecular weight excluding hydrogens is 359 g/mol. The van der Waals surface area contributed by atoms with Crippen molar-refractivity contribution in [2.24, 2.45) is 0 Å². The van der Waals surface area contributed by atoms with Gasteiger partial charge in [-0.15, -0.1) is 13.2 Å². The molecule has 1 N–H and O–H groups in total. The summed E-state index contributed by atoms with van der Waals surface area (Å²) in [4.78, 5) is 8.18. The number of hydrogen-bond acceptors (Lipinski definition) is 1. The molecule has 0 aliphatic heterocycles. The van der Waals surface area contributed by atoms with Crippen LogP contribution in [0.3, 0.4) is 0 Å². The van der Waals surface area contributed by atoms with Gasteiger partial charge in [-0.3, -0.25) is 0 Å². The van der Waals surface area contributed by atoms with E-state index in [4.69, 9.17) is 0 Å². The van der Waals surface area contributed by atoms with Gasteiger partial charge in [0, 0.05) is 17.0 Å². The van der Waals surface area contributed by atoms with Crippen LogP contribution in [0.5, 0.6) is 0 Å². The molecule has 2 heterocycles. The van der Waals surface area contributed by atoms with Crippen LogP contribution in [0, 0.1) is 6.92 Å². The first-order valence-electron chi connectivity index (χ1n) is 9.49. The van der Waals surface area contributed by atoms with Crippen molar-refractivity contribution in [3.63, 3.8) is 0 Å². The molecule has 1 unspecified atom stereocenters. The Labute approximate surface area is 169 Å². The summed E-state index contributed by atoms with van der Waals surface area (Å²) >= 11 is 0. The highest BCUT2D eigenvalue weighted by Crippen LogP contribution is 2.36. The Bertz CT molecular complexity index is 1150. The number of hydrogen-bond donors (Lipinski definition) is 1. The van der Waals surface area contributed by atoms with Gasteiger partial charge in [0.05, 0.1) is 5.52 Å². The van der Waals surface area contributed by atoms with E-state index in [1.54, 1.807) is 0 Å². The van der Waals surface area contributed by atoms with Gasteiger partial charge in [-0.25, -0.2) is 4.98 Å². The van der Waals surface area contributed by atoms with Gasteiger partial charge in [0.15, 0.2) is 0 Å². The van der Waals surface area contributed by atoms with Gasteiger partial charge in [-0.2, -0.15) is 0 Å². The predicted octanol–water partition coefficient (Wildman–Crippen LogP) is 6.85. The highest BCUT2D eigenvalue weighted by Gasteiger charge is 2.14. The van der Waals surface area contributed by atoms with E-state index in [1.807, 2.05) is 6.20 Å². The number of aromatic nitrogens is 2. The summed E-state index contributed by atoms with van der Waals surface area (Å²) in [6.07, 6.45) is 2.89. The Morgan fingerprint density at radius 3 is 2.64 bits per heavy atom. The zero-order valence-electron chi connectivity index (χ0n) is 16.9. The third kappa shape index (κ3) is 3.53. The number of nitrogens with one attached hydrogen (secondary N) is 1. The Morgan fingerprint density at radius 1 is 1.14 bits per heavy atom. The predicted molar refractivity (Wildman–Crippen MR) is 128 cm³/mol. The maximum atomic E-state index is 4.62. The van der Waals surface area contributed by atoms with Crippen molar-refractivity contribution in [3.05, 3.63) is 79.5 Å². The third-order valence-corrected chi connectivity index (χ3v) is 5.98. The number of pyridine rings is 1. The van der Waals surface area contributed by atoms with Crippen LogP contribution >= 0.6 is 8.58 Å². The molecule has 2 aromatic carbocycles. The van der Waals surface area contributed by atoms with Gasteiger partial charge < -0.3 is 4.98 Å². The summed E-state index contributed by atoms with van der Waals surface area (Å²) in [6, 6.07) is 15.5. The number of fused-ring (bicyclic) bond motifs is 3. The van der Waals surface area contributed by atoms with Crippen LogP contribution in [-0.4, -0.2) is 16.6 Å². The zero-order chi connectivity index (χ0) is 20.3. The molecule has 2 aromatic heterocycles. The number of rotatable bonds is 4. The van der Waals surface area contributed by atoms with Gasteiger partial charge in [-0.05, 0) is 65.3 Å². The first-order chi connectivity index (χ1) is 13.6. The van der Waals surface area contributed by atoms with E-state index in [0.717, 1.165) is 20.6 Å². The normalized spacial score (nSPS) is 11.1. The zero-order valence-corrected chi connectivity index (χ0v) is 17.9. The highest BCUT2D eigenvalue weighted by atomic mass is 31.1. The molecule has 0 fully saturated rings. The maximum Gasteiger partial charge on any atom is 0.138 e. The topological polar surface area (TPSA) is 28.7 Å². The summed E-state index contributed by atoms with van der Waals surface area (Å²) in [6.45, 7) is 16.7. The van der Waals surface area contributed by atoms with E-state index in [0.29, 0.717) is 0 Å². The molecule has 4 rings (SSSR count). The Balaban J connectivity index is 0.00000109. The van der Waals surface area contributed by atoms with Crippen LogP contribution in [0.4, 0.5) is 0 Å². The number of H-pyrrole nitrogens is 1. The van der Waals surface area contributed by atoms with E-state index in [2.05, 4.69) is 92.7 Å². The van der Waals surface area contributed by atoms with Crippen molar-refractivity contribution in [2.45, 2.75) is 20.3 Å². The average Bonchev–Trinajstić information content (AvgIpc) is 3.13. The van der Waals surface area contributed by atoms with Crippen molar-refractivity contribution < 1.29 is 0 Å². The number of benzene rings is 2. The molecule has 0 bridgehead atoms. The summed E-state index contributed by atoms with van der Waals surface area (Å²) in [7, 11) is 0.740. The number of allylic oxidation sites excluding steroid dienone is 1. The van der Waals surface area contributed by atoms with Gasteiger partial charge in [0.25, 0.3) is 0 Å². The second-order valence-electron chi connectivity index (χ2n) is 6.73. The van der Waals surface area contributed by atoms with Gasteiger partial charge in [0.1, 0.15) is 5.65 Å². The number of nitrogens with zero attached hydrogens (tertiary/aromatic N) is 1. The Morgan fingerprint density at radius 2 is 1.93 bits per heavy atom. The fraction of sp³-hybridized carbons (Fsp3) is 0.160. The van der Waals surface area contributed by atoms with Gasteiger partial charge in [-0.1, -0.05) is 52.4 Å². The summed E-state index contributed by atoms with van der Waals surface area (Å²) in [5.74, 6) is 0. The van der Waals surface area contributed by atoms with Crippen LogP contribution in [0.1, 0.15) is 24.5 Å². The smallest absolute Gasteiger partial charge is 0.138 e. The molecule has 3 heteroatoms. The molecule has 0 radical (unpaired) electrons. The van der Waals surface area contributed by atoms with Crippen LogP contribution in [0.25, 0.3) is 38.6 Å². The van der Waals surface area contributed by atoms with E-state index < -0.39 is 0 Å². The van der Waals surface area contributed by atoms with Crippen LogP contribution in [0.2, 0.25) is 0 Å². The Hall–Kier alpha value is -2.70. The fourth-order valence-corrected chi connectivity index (χ4v) is 4.24. The second-order valence-corrected chi connectivity index (χ2v) is 7.77. The monoisotopic (exact) mass is 386 g/mol. The van der Waals surface area contributed by atoms with Crippen molar-refractivity contribution in [1.29, 1.82) is 0 Å². The highest BCUT2D eigenvalue weighted by molar-refractivity contribution is 7.47. The van der Waals surface area contributed by atoms with Crippen molar-refractivity contribution in [3.8, 4) is 11.1 Å². The molecule has 28 heavy (non-hydrogen) atoms. The third-order valence-electron chi connectivity index (χ3n) is 5.02. The molecule has 0 saturated carbocycles. The fourth-order valence-electron chi connectivity index (χ4n) is 3.55. The van der Waals surface area contributed by atoms with Crippen molar-refractivity contribution in [1.82, 2.24) is 9.97 Å². The second kappa shape index (κ2) is 8.54. The first kappa shape index (κ1) is 20.0. The lowest BCUT2D eigenvalue weighted by atomic mass is 9.95. The largest absolute Gasteiger partial charge is 0.339 e. The number of aryl methyl sites for hydroxylation is 1. The lowest BCUT2D eigenvalue weighted by Gasteiger charge is -2.10. The standard InChI is InChI=1S/C23H23N2P.C2H4/c1-5-15(3)16-7-6-8-17(12-16)18-9-10-20(26-4)22-21(18)19-11-14(2)13-24-23(19)25-22;1-2/h6-13,26H,3,5H2,1-2,4H3,(H,24,25);1-2H2. The van der Waals surface area contributed by atoms with Crippen LogP contribution in [-0.2, 0) is 0 Å². The molecule has 0 amide bonds. The first-order valence-corrected chi connectivity index (χ1v) is 11.0. The van der Waals surface area contributed by atoms with E-state index in [1.165, 1.54) is 49.4 Å². The quantitative estimate of drug-likeness (QED) is 0.301. The van der Waals surface area contributed by atoms with Crippen molar-refractivity contribution >= 4 is 41.4 Å². The minimum absolute atomic E-state index is 0.740. The summed E-state index contributed by atoms with van der Waals surface area (Å²) in [5.41, 5.74) is 8.24. The van der Waals surface area contributed by atoms with Crippen molar-refractivity contribution in [2.75, 3.05) is 6.66 Å². The molecular formula is C25H27N2P. The number of aromatic amines is 1. The molecule has 0 aliphatic carbocycles. The lowest BCUT2D eigenvalue weighted by Crippen LogP contribution is -1.96. The molecule has 2 nitrogen and oxygen atoms in total. The van der Waals surface area contributed by atoms with E-state index >= 15 is 0 Å². The minimum atomic E-state index is 0.740. The van der Waals surface area contributed by atoms with Crippen LogP contribution < -0.4 is 5.30 Å². The van der Waals surface area contributed by atoms with E-state index in [-0.39, 0.29) is 0 Å². The summed E-state index contributed by atoms with van der Waals surface area (Å²) in [5, 5.41) is 3.84. The van der Waals surface area contributed by atoms with E-state index in [9.17, 15) is 0 Å². The molecule has 4 aromatic rings. The maximum absolute atomic E-state index is 4.62. The summed E-state index contributed by atoms with van der Waals surface area (Å²) < 4.78 is 0. The Kier molecular flexibility index (Phi) is 6.11. The molecule has 0 saturated heterocycles. The SMILES string of the molecule is C=C.C=C(CC)c1cccc(-c2ccc(PC)c3[nH]c4ncc(C)cc4c23)c1. The lowest BCUT2D eigenvalue weighted by molar-refractivity contribution is 1.25. The van der Waals surface area contributed by atoms with Gasteiger partial charge in [0.2, 0.25) is 0 Å². The van der Waals surface area contributed by atoms with Crippen LogP contribution in [0.15, 0.2) is 68.4 Å². The molecule has 1 atom stereocenters. The molecule has 142 valence electrons. The molecule has 0 spiro atoms.